The van der Waals surface area contributed by atoms with Gasteiger partial charge in [0.05, 0.1) is 11.8 Å². The van der Waals surface area contributed by atoms with Crippen molar-refractivity contribution in [2.75, 3.05) is 11.9 Å². The van der Waals surface area contributed by atoms with Gasteiger partial charge < -0.3 is 10.6 Å². The standard InChI is InChI=1S/C15H18Cl2N2O2/c1-3-18-12(20)8-10-4-6-11(7-5-10)19-13(21)14(2)9-15(14,16)17/h4-7H,3,8-9H2,1-2H3,(H,18,20)(H,19,21)/t14-/m0/s1. The number of likely N-dealkylation sites (N-methyl/N-ethyl adjacent to an activating group) is 1. The van der Waals surface area contributed by atoms with E-state index in [4.69, 9.17) is 23.2 Å². The van der Waals surface area contributed by atoms with Gasteiger partial charge in [-0.25, -0.2) is 0 Å². The van der Waals surface area contributed by atoms with E-state index in [-0.39, 0.29) is 11.8 Å². The molecule has 0 aromatic heterocycles. The van der Waals surface area contributed by atoms with Crippen LogP contribution >= 0.6 is 23.2 Å². The minimum Gasteiger partial charge on any atom is -0.356 e. The summed E-state index contributed by atoms with van der Waals surface area (Å²) in [5, 5.41) is 5.54. The fraction of sp³-hybridized carbons (Fsp3) is 0.467. The summed E-state index contributed by atoms with van der Waals surface area (Å²) in [4.78, 5) is 23.6. The third kappa shape index (κ3) is 3.50. The van der Waals surface area contributed by atoms with Gasteiger partial charge in [0.1, 0.15) is 4.33 Å². The molecule has 114 valence electrons. The SMILES string of the molecule is CCNC(=O)Cc1ccc(NC(=O)[C@]2(C)CC2(Cl)Cl)cc1. The maximum absolute atomic E-state index is 12.1. The van der Waals surface area contributed by atoms with Crippen molar-refractivity contribution in [3.63, 3.8) is 0 Å². The van der Waals surface area contributed by atoms with Crippen LogP contribution in [0.4, 0.5) is 5.69 Å². The lowest BCUT2D eigenvalue weighted by Crippen LogP contribution is -2.26. The first-order valence-electron chi connectivity index (χ1n) is 6.83. The molecule has 0 unspecified atom stereocenters. The van der Waals surface area contributed by atoms with Crippen LogP contribution in [0.1, 0.15) is 25.8 Å². The van der Waals surface area contributed by atoms with E-state index in [9.17, 15) is 9.59 Å². The van der Waals surface area contributed by atoms with E-state index in [1.807, 2.05) is 19.1 Å². The first kappa shape index (κ1) is 16.1. The zero-order chi connectivity index (χ0) is 15.7. The number of carbonyl (C=O) groups is 2. The lowest BCUT2D eigenvalue weighted by atomic mass is 10.1. The van der Waals surface area contributed by atoms with E-state index < -0.39 is 9.75 Å². The number of anilines is 1. The normalized spacial score (nSPS) is 22.5. The Morgan fingerprint density at radius 1 is 1.24 bits per heavy atom. The van der Waals surface area contributed by atoms with Crippen LogP contribution in [0.3, 0.4) is 0 Å². The molecule has 0 radical (unpaired) electrons. The van der Waals surface area contributed by atoms with Gasteiger partial charge in [-0.2, -0.15) is 0 Å². The highest BCUT2D eigenvalue weighted by atomic mass is 35.5. The summed E-state index contributed by atoms with van der Waals surface area (Å²) in [6.45, 7) is 4.23. The molecule has 4 nitrogen and oxygen atoms in total. The third-order valence-corrected chi connectivity index (χ3v) is 4.81. The Morgan fingerprint density at radius 2 is 1.81 bits per heavy atom. The Morgan fingerprint density at radius 3 is 2.29 bits per heavy atom. The molecule has 1 aromatic rings. The van der Waals surface area contributed by atoms with Crippen LogP contribution in [0.5, 0.6) is 0 Å². The van der Waals surface area contributed by atoms with Crippen molar-refractivity contribution in [3.05, 3.63) is 29.8 Å². The number of carbonyl (C=O) groups excluding carboxylic acids is 2. The van der Waals surface area contributed by atoms with Crippen LogP contribution in [-0.4, -0.2) is 22.7 Å². The largest absolute Gasteiger partial charge is 0.356 e. The number of benzene rings is 1. The highest BCUT2D eigenvalue weighted by molar-refractivity contribution is 6.53. The third-order valence-electron chi connectivity index (χ3n) is 3.71. The molecule has 1 atom stereocenters. The molecule has 1 saturated carbocycles. The molecule has 1 aromatic carbocycles. The highest BCUT2D eigenvalue weighted by Crippen LogP contribution is 2.64. The maximum atomic E-state index is 12.1. The Balaban J connectivity index is 1.94. The first-order chi connectivity index (χ1) is 9.78. The molecule has 0 bridgehead atoms. The Bertz CT molecular complexity index is 557. The van der Waals surface area contributed by atoms with Crippen LogP contribution < -0.4 is 10.6 Å². The lowest BCUT2D eigenvalue weighted by Gasteiger charge is -2.13. The van der Waals surface area contributed by atoms with Gasteiger partial charge in [0, 0.05) is 12.2 Å². The summed E-state index contributed by atoms with van der Waals surface area (Å²) >= 11 is 12.0. The molecule has 0 saturated heterocycles. The second-order valence-electron chi connectivity index (χ2n) is 5.49. The summed E-state index contributed by atoms with van der Waals surface area (Å²) in [5.41, 5.74) is 0.813. The Labute approximate surface area is 134 Å². The molecular formula is C15H18Cl2N2O2. The average Bonchev–Trinajstić information content (AvgIpc) is 2.93. The van der Waals surface area contributed by atoms with Gasteiger partial charge >= 0.3 is 0 Å². The number of hydrogen-bond acceptors (Lipinski definition) is 2. The van der Waals surface area contributed by atoms with Crippen LogP contribution in [0, 0.1) is 5.41 Å². The molecule has 0 spiro atoms. The van der Waals surface area contributed by atoms with Crippen LogP contribution in [0.2, 0.25) is 0 Å². The molecule has 2 amide bonds. The fourth-order valence-corrected chi connectivity index (χ4v) is 2.77. The Kier molecular flexibility index (Phi) is 4.49. The van der Waals surface area contributed by atoms with Crippen LogP contribution in [0.25, 0.3) is 0 Å². The van der Waals surface area contributed by atoms with Gasteiger partial charge in [-0.15, -0.1) is 23.2 Å². The smallest absolute Gasteiger partial charge is 0.233 e. The van der Waals surface area contributed by atoms with E-state index in [2.05, 4.69) is 10.6 Å². The summed E-state index contributed by atoms with van der Waals surface area (Å²) in [6.07, 6.45) is 0.774. The fourth-order valence-electron chi connectivity index (χ4n) is 2.07. The summed E-state index contributed by atoms with van der Waals surface area (Å²) in [7, 11) is 0. The molecule has 21 heavy (non-hydrogen) atoms. The van der Waals surface area contributed by atoms with Gasteiger partial charge in [0.2, 0.25) is 11.8 Å². The minimum atomic E-state index is -0.977. The summed E-state index contributed by atoms with van der Waals surface area (Å²) in [6, 6.07) is 7.16. The number of alkyl halides is 2. The molecule has 1 aliphatic rings. The van der Waals surface area contributed by atoms with Crippen molar-refractivity contribution in [2.24, 2.45) is 5.41 Å². The van der Waals surface area contributed by atoms with E-state index in [0.717, 1.165) is 5.56 Å². The minimum absolute atomic E-state index is 0.0196. The molecule has 1 aliphatic carbocycles. The number of amides is 2. The number of halogens is 2. The van der Waals surface area contributed by atoms with E-state index in [1.165, 1.54) is 0 Å². The van der Waals surface area contributed by atoms with Gasteiger partial charge in [0.15, 0.2) is 0 Å². The van der Waals surface area contributed by atoms with Crippen LogP contribution in [-0.2, 0) is 16.0 Å². The second kappa shape index (κ2) is 5.85. The van der Waals surface area contributed by atoms with Gasteiger partial charge in [-0.05, 0) is 38.0 Å². The van der Waals surface area contributed by atoms with Crippen molar-refractivity contribution in [1.29, 1.82) is 0 Å². The lowest BCUT2D eigenvalue weighted by molar-refractivity contribution is -0.121. The maximum Gasteiger partial charge on any atom is 0.233 e. The predicted molar refractivity (Wildman–Crippen MR) is 84.6 cm³/mol. The van der Waals surface area contributed by atoms with Crippen molar-refractivity contribution < 1.29 is 9.59 Å². The summed E-state index contributed by atoms with van der Waals surface area (Å²) in [5.74, 6) is -0.210. The number of nitrogens with one attached hydrogen (secondary N) is 2. The van der Waals surface area contributed by atoms with E-state index in [0.29, 0.717) is 25.1 Å². The van der Waals surface area contributed by atoms with Crippen LogP contribution in [0.15, 0.2) is 24.3 Å². The quantitative estimate of drug-likeness (QED) is 0.816. The second-order valence-corrected chi connectivity index (χ2v) is 6.98. The van der Waals surface area contributed by atoms with Crippen molar-refractivity contribution >= 4 is 40.7 Å². The van der Waals surface area contributed by atoms with E-state index >= 15 is 0 Å². The molecule has 0 aliphatic heterocycles. The van der Waals surface area contributed by atoms with Crippen molar-refractivity contribution in [1.82, 2.24) is 5.32 Å². The first-order valence-corrected chi connectivity index (χ1v) is 7.59. The highest BCUT2D eigenvalue weighted by Gasteiger charge is 2.67. The van der Waals surface area contributed by atoms with E-state index in [1.54, 1.807) is 19.1 Å². The molecular weight excluding hydrogens is 311 g/mol. The monoisotopic (exact) mass is 328 g/mol. The van der Waals surface area contributed by atoms with Gasteiger partial charge in [0.25, 0.3) is 0 Å². The Hall–Kier alpha value is -1.26. The molecule has 1 fully saturated rings. The van der Waals surface area contributed by atoms with Gasteiger partial charge in [-0.3, -0.25) is 9.59 Å². The zero-order valence-electron chi connectivity index (χ0n) is 12.0. The van der Waals surface area contributed by atoms with Gasteiger partial charge in [-0.1, -0.05) is 12.1 Å². The number of hydrogen-bond donors (Lipinski definition) is 2. The predicted octanol–water partition coefficient (Wildman–Crippen LogP) is 2.89. The van der Waals surface area contributed by atoms with Crippen molar-refractivity contribution in [2.45, 2.75) is 31.0 Å². The zero-order valence-corrected chi connectivity index (χ0v) is 13.5. The topological polar surface area (TPSA) is 58.2 Å². The molecule has 0 heterocycles. The van der Waals surface area contributed by atoms with Crippen molar-refractivity contribution in [3.8, 4) is 0 Å². The number of rotatable bonds is 5. The molecule has 6 heteroatoms. The molecule has 2 rings (SSSR count). The average molecular weight is 329 g/mol. The summed E-state index contributed by atoms with van der Waals surface area (Å²) < 4.78 is -0.977. The molecule has 2 N–H and O–H groups in total.